The fourth-order valence-corrected chi connectivity index (χ4v) is 1.70. The van der Waals surface area contributed by atoms with Gasteiger partial charge in [-0.05, 0) is 12.1 Å². The Bertz CT molecular complexity index is 627. The van der Waals surface area contributed by atoms with E-state index in [1.165, 1.54) is 6.07 Å². The Labute approximate surface area is 112 Å². The maximum atomic E-state index is 13.3. The number of nitrogens with one attached hydrogen (secondary N) is 1. The predicted molar refractivity (Wildman–Crippen MR) is 63.2 cm³/mol. The van der Waals surface area contributed by atoms with Gasteiger partial charge in [0.25, 0.3) is 0 Å². The first-order valence-corrected chi connectivity index (χ1v) is 5.75. The molecule has 2 aromatic rings. The number of hydrogen-bond donors (Lipinski definition) is 1. The highest BCUT2D eigenvalue weighted by molar-refractivity contribution is 5.21. The van der Waals surface area contributed by atoms with Crippen LogP contribution in [-0.4, -0.2) is 0 Å². The summed E-state index contributed by atoms with van der Waals surface area (Å²) in [5, 5.41) is 2.67. The van der Waals surface area contributed by atoms with Gasteiger partial charge >= 0.3 is 0 Å². The summed E-state index contributed by atoms with van der Waals surface area (Å²) in [4.78, 5) is 0. The van der Waals surface area contributed by atoms with Crippen LogP contribution in [-0.2, 0) is 13.1 Å². The van der Waals surface area contributed by atoms with Gasteiger partial charge < -0.3 is 5.32 Å². The number of benzene rings is 2. The molecule has 0 aliphatic rings. The van der Waals surface area contributed by atoms with E-state index in [0.29, 0.717) is 6.07 Å². The molecule has 2 rings (SSSR count). The molecular weight excluding hydrogens is 277 g/mol. The van der Waals surface area contributed by atoms with Crippen molar-refractivity contribution in [1.29, 1.82) is 0 Å². The summed E-state index contributed by atoms with van der Waals surface area (Å²) in [5.41, 5.74) is 0.112. The summed E-state index contributed by atoms with van der Waals surface area (Å²) < 4.78 is 65.0. The van der Waals surface area contributed by atoms with E-state index in [-0.39, 0.29) is 24.2 Å². The average Bonchev–Trinajstić information content (AvgIpc) is 2.38. The minimum Gasteiger partial charge on any atom is -0.308 e. The van der Waals surface area contributed by atoms with Crippen LogP contribution in [0, 0.1) is 29.1 Å². The van der Waals surface area contributed by atoms with Crippen LogP contribution in [0.1, 0.15) is 11.1 Å². The van der Waals surface area contributed by atoms with Gasteiger partial charge in [0.05, 0.1) is 0 Å². The van der Waals surface area contributed by atoms with Gasteiger partial charge in [0.1, 0.15) is 17.5 Å². The Kier molecular flexibility index (Phi) is 4.34. The van der Waals surface area contributed by atoms with Crippen molar-refractivity contribution in [3.05, 3.63) is 70.5 Å². The number of halogens is 5. The molecule has 0 bridgehead atoms. The molecule has 0 unspecified atom stereocenters. The van der Waals surface area contributed by atoms with Crippen molar-refractivity contribution in [2.24, 2.45) is 0 Å². The zero-order valence-electron chi connectivity index (χ0n) is 10.2. The molecule has 6 heteroatoms. The van der Waals surface area contributed by atoms with Crippen molar-refractivity contribution < 1.29 is 22.0 Å². The SMILES string of the molecule is Fc1ccc(CNCc2cc(F)c(F)cc2F)c(F)c1. The molecule has 20 heavy (non-hydrogen) atoms. The molecular formula is C14H10F5N. The van der Waals surface area contributed by atoms with E-state index in [2.05, 4.69) is 5.32 Å². The highest BCUT2D eigenvalue weighted by Gasteiger charge is 2.10. The summed E-state index contributed by atoms with van der Waals surface area (Å²) in [6.07, 6.45) is 0. The van der Waals surface area contributed by atoms with Gasteiger partial charge in [0.15, 0.2) is 11.6 Å². The zero-order valence-corrected chi connectivity index (χ0v) is 10.2. The second-order valence-corrected chi connectivity index (χ2v) is 4.20. The fraction of sp³-hybridized carbons (Fsp3) is 0.143. The quantitative estimate of drug-likeness (QED) is 0.668. The molecule has 0 aromatic heterocycles. The average molecular weight is 287 g/mol. The molecule has 2 aromatic carbocycles. The maximum Gasteiger partial charge on any atom is 0.161 e. The Balaban J connectivity index is 2.01. The smallest absolute Gasteiger partial charge is 0.161 e. The summed E-state index contributed by atoms with van der Waals surface area (Å²) in [6, 6.07) is 4.26. The fourth-order valence-electron chi connectivity index (χ4n) is 1.70. The lowest BCUT2D eigenvalue weighted by Crippen LogP contribution is -2.15. The minimum atomic E-state index is -1.27. The first kappa shape index (κ1) is 14.5. The Morgan fingerprint density at radius 2 is 1.25 bits per heavy atom. The second-order valence-electron chi connectivity index (χ2n) is 4.20. The first-order valence-electron chi connectivity index (χ1n) is 5.75. The Morgan fingerprint density at radius 3 is 1.95 bits per heavy atom. The molecule has 0 saturated heterocycles. The van der Waals surface area contributed by atoms with E-state index < -0.39 is 29.1 Å². The predicted octanol–water partition coefficient (Wildman–Crippen LogP) is 3.67. The standard InChI is InChI=1S/C14H10F5N/c15-10-2-1-8(11(16)4-10)6-20-7-9-3-13(18)14(19)5-12(9)17/h1-5,20H,6-7H2. The van der Waals surface area contributed by atoms with E-state index in [1.807, 2.05) is 0 Å². The normalized spacial score (nSPS) is 10.8. The topological polar surface area (TPSA) is 12.0 Å². The third-order valence-corrected chi connectivity index (χ3v) is 2.74. The minimum absolute atomic E-state index is 0.00451. The van der Waals surface area contributed by atoms with Gasteiger partial charge in [0.2, 0.25) is 0 Å². The monoisotopic (exact) mass is 287 g/mol. The molecule has 0 fully saturated rings. The van der Waals surface area contributed by atoms with Crippen molar-refractivity contribution in [3.8, 4) is 0 Å². The molecule has 0 spiro atoms. The number of hydrogen-bond acceptors (Lipinski definition) is 1. The molecule has 0 atom stereocenters. The van der Waals surface area contributed by atoms with Crippen molar-refractivity contribution in [1.82, 2.24) is 5.32 Å². The molecule has 0 aliphatic carbocycles. The van der Waals surface area contributed by atoms with Crippen molar-refractivity contribution in [2.45, 2.75) is 13.1 Å². The highest BCUT2D eigenvalue weighted by Crippen LogP contribution is 2.14. The molecule has 1 N–H and O–H groups in total. The van der Waals surface area contributed by atoms with Crippen molar-refractivity contribution in [3.63, 3.8) is 0 Å². The highest BCUT2D eigenvalue weighted by atomic mass is 19.2. The first-order chi connectivity index (χ1) is 9.47. The van der Waals surface area contributed by atoms with Gasteiger partial charge in [-0.1, -0.05) is 6.07 Å². The lowest BCUT2D eigenvalue weighted by atomic mass is 10.1. The summed E-state index contributed by atoms with van der Waals surface area (Å²) >= 11 is 0. The molecule has 0 aliphatic heterocycles. The van der Waals surface area contributed by atoms with Crippen LogP contribution >= 0.6 is 0 Å². The molecule has 0 radical (unpaired) electrons. The Hall–Kier alpha value is -1.95. The van der Waals surface area contributed by atoms with Gasteiger partial charge in [-0.25, -0.2) is 22.0 Å². The van der Waals surface area contributed by atoms with E-state index >= 15 is 0 Å². The van der Waals surface area contributed by atoms with Gasteiger partial charge in [-0.3, -0.25) is 0 Å². The van der Waals surface area contributed by atoms with Crippen LogP contribution in [0.3, 0.4) is 0 Å². The molecule has 0 saturated carbocycles. The number of rotatable bonds is 4. The molecule has 0 heterocycles. The summed E-state index contributed by atoms with van der Waals surface area (Å²) in [7, 11) is 0. The van der Waals surface area contributed by atoms with Gasteiger partial charge in [-0.2, -0.15) is 0 Å². The van der Waals surface area contributed by atoms with Crippen LogP contribution in [0.15, 0.2) is 30.3 Å². The summed E-state index contributed by atoms with van der Waals surface area (Å²) in [5.74, 6) is -4.75. The lowest BCUT2D eigenvalue weighted by molar-refractivity contribution is 0.486. The largest absolute Gasteiger partial charge is 0.308 e. The van der Waals surface area contributed by atoms with Gasteiger partial charge in [-0.15, -0.1) is 0 Å². The zero-order chi connectivity index (χ0) is 14.7. The Morgan fingerprint density at radius 1 is 0.650 bits per heavy atom. The summed E-state index contributed by atoms with van der Waals surface area (Å²) in [6.45, 7) is -0.107. The van der Waals surface area contributed by atoms with Gasteiger partial charge in [0, 0.05) is 36.3 Å². The van der Waals surface area contributed by atoms with Crippen LogP contribution in [0.4, 0.5) is 22.0 Å². The van der Waals surface area contributed by atoms with Crippen LogP contribution in [0.25, 0.3) is 0 Å². The van der Waals surface area contributed by atoms with E-state index in [1.54, 1.807) is 0 Å². The van der Waals surface area contributed by atoms with Crippen molar-refractivity contribution >= 4 is 0 Å². The third kappa shape index (κ3) is 3.33. The molecule has 0 amide bonds. The van der Waals surface area contributed by atoms with Crippen molar-refractivity contribution in [2.75, 3.05) is 0 Å². The molecule has 106 valence electrons. The second kappa shape index (κ2) is 6.00. The maximum absolute atomic E-state index is 13.3. The third-order valence-electron chi connectivity index (χ3n) is 2.74. The van der Waals surface area contributed by atoms with Crippen LogP contribution in [0.5, 0.6) is 0 Å². The van der Waals surface area contributed by atoms with E-state index in [4.69, 9.17) is 0 Å². The molecule has 1 nitrogen and oxygen atoms in total. The van der Waals surface area contributed by atoms with E-state index in [0.717, 1.165) is 18.2 Å². The lowest BCUT2D eigenvalue weighted by Gasteiger charge is -2.08. The van der Waals surface area contributed by atoms with Crippen LogP contribution < -0.4 is 5.32 Å². The van der Waals surface area contributed by atoms with Crippen LogP contribution in [0.2, 0.25) is 0 Å². The van der Waals surface area contributed by atoms with E-state index in [9.17, 15) is 22.0 Å².